The highest BCUT2D eigenvalue weighted by Gasteiger charge is 2.39. The summed E-state index contributed by atoms with van der Waals surface area (Å²) in [7, 11) is 0. The first kappa shape index (κ1) is 15.9. The molecule has 1 heterocycles. The van der Waals surface area contributed by atoms with E-state index >= 15 is 0 Å². The standard InChI is InChI=1S/C14H24N2O3/c1-13(2,9-15)6-4-5-7-16-10-14(3,11-16)19-8-12(17)18/h4-8,10-11H2,1-3H3,(H,17,18). The van der Waals surface area contributed by atoms with Crippen LogP contribution >= 0.6 is 0 Å². The number of carboxylic acids is 1. The lowest BCUT2D eigenvalue weighted by atomic mass is 9.88. The quantitative estimate of drug-likeness (QED) is 0.680. The van der Waals surface area contributed by atoms with E-state index in [0.29, 0.717) is 0 Å². The molecule has 1 fully saturated rings. The molecule has 108 valence electrons. The molecular weight excluding hydrogens is 244 g/mol. The molecule has 0 aromatic heterocycles. The van der Waals surface area contributed by atoms with E-state index in [-0.39, 0.29) is 17.6 Å². The molecule has 0 aromatic carbocycles. The van der Waals surface area contributed by atoms with Crippen molar-refractivity contribution in [2.75, 3.05) is 26.2 Å². The summed E-state index contributed by atoms with van der Waals surface area (Å²) in [5.41, 5.74) is -0.529. The molecule has 5 nitrogen and oxygen atoms in total. The molecule has 0 aromatic rings. The number of carboxylic acid groups (broad SMARTS) is 1. The zero-order chi connectivity index (χ0) is 14.5. The maximum atomic E-state index is 10.4. The van der Waals surface area contributed by atoms with E-state index in [1.807, 2.05) is 20.8 Å². The van der Waals surface area contributed by atoms with Crippen LogP contribution in [0.5, 0.6) is 0 Å². The average molecular weight is 268 g/mol. The average Bonchev–Trinajstić information content (AvgIpc) is 2.29. The molecule has 1 aliphatic heterocycles. The molecule has 0 bridgehead atoms. The van der Waals surface area contributed by atoms with Crippen molar-refractivity contribution in [3.63, 3.8) is 0 Å². The number of unbranched alkanes of at least 4 members (excludes halogenated alkanes) is 1. The van der Waals surface area contributed by atoms with Gasteiger partial charge < -0.3 is 9.84 Å². The van der Waals surface area contributed by atoms with E-state index in [1.165, 1.54) is 0 Å². The molecule has 0 saturated carbocycles. The van der Waals surface area contributed by atoms with Crippen LogP contribution in [0, 0.1) is 16.7 Å². The van der Waals surface area contributed by atoms with Crippen LogP contribution in [0.4, 0.5) is 0 Å². The minimum Gasteiger partial charge on any atom is -0.480 e. The molecule has 0 atom stereocenters. The van der Waals surface area contributed by atoms with Gasteiger partial charge in [-0.25, -0.2) is 4.79 Å². The summed E-state index contributed by atoms with van der Waals surface area (Å²) in [6.45, 7) is 8.24. The van der Waals surface area contributed by atoms with Gasteiger partial charge in [-0.1, -0.05) is 6.42 Å². The van der Waals surface area contributed by atoms with Gasteiger partial charge in [0.2, 0.25) is 0 Å². The van der Waals surface area contributed by atoms with Crippen molar-refractivity contribution in [2.45, 2.75) is 45.6 Å². The number of hydrogen-bond donors (Lipinski definition) is 1. The van der Waals surface area contributed by atoms with Crippen LogP contribution in [0.2, 0.25) is 0 Å². The topological polar surface area (TPSA) is 73.6 Å². The van der Waals surface area contributed by atoms with E-state index in [2.05, 4.69) is 11.0 Å². The molecular formula is C14H24N2O3. The summed E-state index contributed by atoms with van der Waals surface area (Å²) in [6, 6.07) is 2.31. The first-order valence-electron chi connectivity index (χ1n) is 6.76. The number of ether oxygens (including phenoxy) is 1. The molecule has 1 N–H and O–H groups in total. The number of aliphatic carboxylic acids is 1. The zero-order valence-corrected chi connectivity index (χ0v) is 12.1. The fourth-order valence-corrected chi connectivity index (χ4v) is 2.34. The van der Waals surface area contributed by atoms with Crippen LogP contribution in [0.1, 0.15) is 40.0 Å². The van der Waals surface area contributed by atoms with Gasteiger partial charge >= 0.3 is 5.97 Å². The predicted octanol–water partition coefficient (Wildman–Crippen LogP) is 1.88. The van der Waals surface area contributed by atoms with Gasteiger partial charge in [0, 0.05) is 13.1 Å². The second-order valence-electron chi connectivity index (χ2n) is 6.30. The highest BCUT2D eigenvalue weighted by Crippen LogP contribution is 2.26. The summed E-state index contributed by atoms with van der Waals surface area (Å²) in [4.78, 5) is 12.7. The third kappa shape index (κ3) is 5.58. The largest absolute Gasteiger partial charge is 0.480 e. The van der Waals surface area contributed by atoms with Crippen molar-refractivity contribution >= 4 is 5.97 Å². The Morgan fingerprint density at radius 3 is 2.63 bits per heavy atom. The van der Waals surface area contributed by atoms with E-state index < -0.39 is 5.97 Å². The monoisotopic (exact) mass is 268 g/mol. The van der Waals surface area contributed by atoms with Gasteiger partial charge in [0.15, 0.2) is 0 Å². The van der Waals surface area contributed by atoms with Gasteiger partial charge in [0.05, 0.1) is 17.1 Å². The van der Waals surface area contributed by atoms with Crippen LogP contribution in [-0.2, 0) is 9.53 Å². The van der Waals surface area contributed by atoms with Crippen LogP contribution in [-0.4, -0.2) is 47.8 Å². The summed E-state index contributed by atoms with van der Waals surface area (Å²) in [5, 5.41) is 17.5. The Bertz CT molecular complexity index is 354. The minimum absolute atomic E-state index is 0.222. The number of likely N-dealkylation sites (tertiary alicyclic amines) is 1. The molecule has 0 radical (unpaired) electrons. The fraction of sp³-hybridized carbons (Fsp3) is 0.857. The zero-order valence-electron chi connectivity index (χ0n) is 12.1. The number of hydrogen-bond acceptors (Lipinski definition) is 4. The Morgan fingerprint density at radius 1 is 1.47 bits per heavy atom. The first-order valence-corrected chi connectivity index (χ1v) is 6.76. The van der Waals surface area contributed by atoms with Crippen molar-refractivity contribution in [1.29, 1.82) is 5.26 Å². The molecule has 5 heteroatoms. The summed E-state index contributed by atoms with van der Waals surface area (Å²) in [5.74, 6) is -0.918. The molecule has 1 saturated heterocycles. The second-order valence-corrected chi connectivity index (χ2v) is 6.30. The van der Waals surface area contributed by atoms with Gasteiger partial charge in [0.25, 0.3) is 0 Å². The normalized spacial score (nSPS) is 18.6. The molecule has 0 spiro atoms. The second kappa shape index (κ2) is 6.36. The smallest absolute Gasteiger partial charge is 0.329 e. The van der Waals surface area contributed by atoms with Crippen LogP contribution in [0.15, 0.2) is 0 Å². The van der Waals surface area contributed by atoms with E-state index in [4.69, 9.17) is 15.1 Å². The maximum absolute atomic E-state index is 10.4. The molecule has 0 unspecified atom stereocenters. The Morgan fingerprint density at radius 2 is 2.11 bits per heavy atom. The Labute approximate surface area is 115 Å². The predicted molar refractivity (Wildman–Crippen MR) is 71.7 cm³/mol. The number of rotatable bonds is 8. The van der Waals surface area contributed by atoms with Gasteiger partial charge in [-0.15, -0.1) is 0 Å². The number of nitrogens with zero attached hydrogens (tertiary/aromatic N) is 2. The lowest BCUT2D eigenvalue weighted by Crippen LogP contribution is -2.61. The maximum Gasteiger partial charge on any atom is 0.329 e. The lowest BCUT2D eigenvalue weighted by Gasteiger charge is -2.47. The third-order valence-corrected chi connectivity index (χ3v) is 3.49. The Kier molecular flexibility index (Phi) is 5.33. The van der Waals surface area contributed by atoms with Crippen molar-refractivity contribution in [2.24, 2.45) is 5.41 Å². The van der Waals surface area contributed by atoms with E-state index in [1.54, 1.807) is 0 Å². The highest BCUT2D eigenvalue weighted by molar-refractivity contribution is 5.68. The van der Waals surface area contributed by atoms with E-state index in [9.17, 15) is 4.79 Å². The summed E-state index contributed by atoms with van der Waals surface area (Å²) >= 11 is 0. The molecule has 1 aliphatic rings. The van der Waals surface area contributed by atoms with Crippen LogP contribution < -0.4 is 0 Å². The fourth-order valence-electron chi connectivity index (χ4n) is 2.34. The van der Waals surface area contributed by atoms with Crippen LogP contribution in [0.3, 0.4) is 0 Å². The van der Waals surface area contributed by atoms with Gasteiger partial charge in [-0.2, -0.15) is 5.26 Å². The Hall–Kier alpha value is -1.12. The van der Waals surface area contributed by atoms with Gasteiger partial charge in [-0.3, -0.25) is 4.90 Å². The number of carbonyl (C=O) groups is 1. The SMILES string of the molecule is CC(C)(C#N)CCCCN1CC(C)(OCC(=O)O)C1. The first-order chi connectivity index (χ1) is 8.76. The number of nitriles is 1. The van der Waals surface area contributed by atoms with Crippen molar-refractivity contribution in [3.8, 4) is 6.07 Å². The van der Waals surface area contributed by atoms with Crippen molar-refractivity contribution in [1.82, 2.24) is 4.90 Å². The van der Waals surface area contributed by atoms with Crippen molar-refractivity contribution in [3.05, 3.63) is 0 Å². The molecule has 0 amide bonds. The lowest BCUT2D eigenvalue weighted by molar-refractivity contribution is -0.164. The third-order valence-electron chi connectivity index (χ3n) is 3.49. The Balaban J connectivity index is 2.09. The molecule has 0 aliphatic carbocycles. The highest BCUT2D eigenvalue weighted by atomic mass is 16.5. The van der Waals surface area contributed by atoms with E-state index in [0.717, 1.165) is 38.9 Å². The van der Waals surface area contributed by atoms with Gasteiger partial charge in [-0.05, 0) is 40.2 Å². The van der Waals surface area contributed by atoms with Crippen LogP contribution in [0.25, 0.3) is 0 Å². The summed E-state index contributed by atoms with van der Waals surface area (Å²) in [6.07, 6.45) is 3.04. The van der Waals surface area contributed by atoms with Crippen molar-refractivity contribution < 1.29 is 14.6 Å². The van der Waals surface area contributed by atoms with Gasteiger partial charge in [0.1, 0.15) is 6.61 Å². The molecule has 19 heavy (non-hydrogen) atoms. The minimum atomic E-state index is -0.918. The molecule has 1 rings (SSSR count). The summed E-state index contributed by atoms with van der Waals surface area (Å²) < 4.78 is 5.35.